The van der Waals surface area contributed by atoms with Gasteiger partial charge in [0.05, 0.1) is 32.5 Å². The number of nitrogens with one attached hydrogen (secondary N) is 5. The Bertz CT molecular complexity index is 2650. The molecule has 17 N–H and O–H groups in total. The first-order valence-corrected chi connectivity index (χ1v) is 34.7. The van der Waals surface area contributed by atoms with E-state index in [4.69, 9.17) is 61.6 Å². The van der Waals surface area contributed by atoms with Crippen molar-refractivity contribution in [2.24, 2.45) is 0 Å². The molecule has 0 aromatic heterocycles. The minimum atomic E-state index is -2.18. The van der Waals surface area contributed by atoms with Crippen LogP contribution in [0.2, 0.25) is 0 Å². The van der Waals surface area contributed by atoms with Crippen molar-refractivity contribution in [1.29, 1.82) is 0 Å². The van der Waals surface area contributed by atoms with Crippen molar-refractivity contribution in [2.45, 2.75) is 310 Å². The summed E-state index contributed by atoms with van der Waals surface area (Å²) in [4.78, 5) is 76.6. The van der Waals surface area contributed by atoms with Crippen molar-refractivity contribution in [2.75, 3.05) is 40.1 Å². The summed E-state index contributed by atoms with van der Waals surface area (Å²) < 4.78 is 77.0. The number of rotatable bonds is 37. The number of methoxy groups -OCH3 is 1. The van der Waals surface area contributed by atoms with E-state index < -0.39 is 252 Å². The number of esters is 1. The Hall–Kier alpha value is -4.98. The molecular formula is C65H109N5O31. The summed E-state index contributed by atoms with van der Waals surface area (Å²) in [5, 5.41) is 148. The van der Waals surface area contributed by atoms with Crippen molar-refractivity contribution < 1.29 is 152 Å². The predicted octanol–water partition coefficient (Wildman–Crippen LogP) is -4.64. The van der Waals surface area contributed by atoms with E-state index in [0.29, 0.717) is 12.8 Å². The number of amides is 5. The molecule has 6 aliphatic rings. The largest absolute Gasteiger partial charge is 0.463 e. The normalized spacial score (nSPS) is 37.5. The van der Waals surface area contributed by atoms with Crippen LogP contribution in [-0.2, 0) is 90.3 Å². The van der Waals surface area contributed by atoms with Gasteiger partial charge in [0, 0.05) is 48.1 Å². The number of allylic oxidation sites excluding steroid dienone is 2. The van der Waals surface area contributed by atoms with Gasteiger partial charge in [0.25, 0.3) is 0 Å². The van der Waals surface area contributed by atoms with Gasteiger partial charge in [-0.3, -0.25) is 28.8 Å². The fourth-order valence-electron chi connectivity index (χ4n) is 12.9. The zero-order valence-corrected chi connectivity index (χ0v) is 58.4. The SMILES string of the molecule is CCCCCC/C=C\CCCCCCCCCC(=O)N[C@@H]1C(O[C@@H]2C(CO)O[C@@H](O[C@@H]3C(CO)OC(O[C@@H]4C(CO)O[C@@H](O[C@@H]5C(COC6OC(C)[C@@H](O)C(O)[C@H]6OC)O[C@@H](O)C(NC(C)=O)C5O)C(NC(C)=O)C4O)=C(NC(C)=O)C3O)C(NC(C)=O)C2O)OC(COC(C)=O)[C@@H](O)C1O. The second kappa shape index (κ2) is 41.6. The highest BCUT2D eigenvalue weighted by molar-refractivity contribution is 5.77. The fraction of sp³-hybridized carbons (Fsp3) is 0.846. The summed E-state index contributed by atoms with van der Waals surface area (Å²) in [6.07, 6.45) is -23.8. The van der Waals surface area contributed by atoms with Gasteiger partial charge >= 0.3 is 11.9 Å². The van der Waals surface area contributed by atoms with Gasteiger partial charge in [-0.25, -0.2) is 0 Å². The fourth-order valence-corrected chi connectivity index (χ4v) is 12.9. The van der Waals surface area contributed by atoms with Gasteiger partial charge in [0.1, 0.15) is 134 Å². The van der Waals surface area contributed by atoms with Gasteiger partial charge in [-0.15, -0.1) is 0 Å². The molecule has 0 bridgehead atoms. The molecule has 0 aromatic carbocycles. The van der Waals surface area contributed by atoms with Crippen LogP contribution in [0.15, 0.2) is 23.8 Å². The van der Waals surface area contributed by atoms with Crippen LogP contribution >= 0.6 is 0 Å². The molecule has 0 spiro atoms. The highest BCUT2D eigenvalue weighted by atomic mass is 16.8. The lowest BCUT2D eigenvalue weighted by Gasteiger charge is -2.49. The number of hydrogen-bond donors (Lipinski definition) is 17. The summed E-state index contributed by atoms with van der Waals surface area (Å²) in [6, 6.07) is -6.71. The van der Waals surface area contributed by atoms with Gasteiger partial charge in [-0.05, 0) is 39.0 Å². The molecule has 5 saturated heterocycles. The van der Waals surface area contributed by atoms with Crippen LogP contribution in [0.3, 0.4) is 0 Å². The lowest BCUT2D eigenvalue weighted by molar-refractivity contribution is -0.346. The molecule has 101 heavy (non-hydrogen) atoms. The monoisotopic (exact) mass is 1460 g/mol. The maximum Gasteiger partial charge on any atom is 0.303 e. The summed E-state index contributed by atoms with van der Waals surface area (Å²) in [5.74, 6) is -5.47. The lowest BCUT2D eigenvalue weighted by atomic mass is 9.94. The molecule has 0 aliphatic carbocycles. The van der Waals surface area contributed by atoms with E-state index in [9.17, 15) is 90.0 Å². The second-order valence-corrected chi connectivity index (χ2v) is 26.2. The maximum absolute atomic E-state index is 13.6. The third kappa shape index (κ3) is 23.8. The molecule has 6 rings (SSSR count). The second-order valence-electron chi connectivity index (χ2n) is 26.2. The van der Waals surface area contributed by atoms with Crippen LogP contribution in [0.4, 0.5) is 0 Å². The van der Waals surface area contributed by atoms with E-state index in [-0.39, 0.29) is 6.42 Å². The molecule has 0 saturated carbocycles. The summed E-state index contributed by atoms with van der Waals surface area (Å²) >= 11 is 0. The molecule has 36 nitrogen and oxygen atoms in total. The van der Waals surface area contributed by atoms with E-state index in [0.717, 1.165) is 79.6 Å². The summed E-state index contributed by atoms with van der Waals surface area (Å²) in [7, 11) is 1.21. The Balaban J connectivity index is 1.19. The molecule has 6 heterocycles. The number of ether oxygens (including phenoxy) is 13. The third-order valence-electron chi connectivity index (χ3n) is 18.2. The van der Waals surface area contributed by atoms with Gasteiger partial charge < -0.3 is 149 Å². The van der Waals surface area contributed by atoms with Crippen LogP contribution in [0.25, 0.3) is 0 Å². The first kappa shape index (κ1) is 85.0. The molecule has 5 amide bonds. The van der Waals surface area contributed by atoms with Crippen molar-refractivity contribution in [3.8, 4) is 0 Å². The molecule has 0 radical (unpaired) electrons. The van der Waals surface area contributed by atoms with E-state index in [1.54, 1.807) is 0 Å². The van der Waals surface area contributed by atoms with E-state index in [1.165, 1.54) is 39.7 Å². The number of carbonyl (C=O) groups is 6. The molecule has 0 aromatic rings. The minimum Gasteiger partial charge on any atom is -0.463 e. The highest BCUT2D eigenvalue weighted by Gasteiger charge is 2.57. The van der Waals surface area contributed by atoms with Crippen LogP contribution in [0.1, 0.15) is 138 Å². The van der Waals surface area contributed by atoms with Crippen molar-refractivity contribution in [3.63, 3.8) is 0 Å². The van der Waals surface area contributed by atoms with E-state index >= 15 is 0 Å². The standard InChI is InChI=1S/C65H109N5O31/c1-9-10-11-12-13-14-15-16-17-18-19-20-21-22-23-24-41(79)70-43-49(82)48(81)39(28-90-35(7)78)97-61(43)98-55-36(25-71)94-62(44(51(55)84)67-32(4)75)99-56-37(26-72)95-63(45(52(56)85)68-33(5)76)100-57-38(27-73)96-64(46(53(57)86)69-34(6)77)101-58-40(93-60(88)42(50(58)83)66-31(3)74)29-91-65-59(89-8)54(87)47(80)30(2)92-65/h14-15,30,36-40,42-44,46-62,64-65,71-73,80-88H,9-13,16-29H2,1-8H3,(H,66,74)(H,67,75)(H,68,76)(H,69,77)(H,70,79)/b15-14-/t30?,36?,37?,38?,39?,40?,42?,43-,44?,46?,47+,48+,49?,50?,51?,52?,53?,54?,55+,56+,57+,58+,59+,60+,61?,62-,64-,65?/m0/s1. The first-order valence-electron chi connectivity index (χ1n) is 34.7. The molecule has 580 valence electrons. The maximum atomic E-state index is 13.6. The highest BCUT2D eigenvalue weighted by Crippen LogP contribution is 2.38. The van der Waals surface area contributed by atoms with Crippen molar-refractivity contribution >= 4 is 35.5 Å². The van der Waals surface area contributed by atoms with Crippen LogP contribution < -0.4 is 26.6 Å². The Kier molecular flexibility index (Phi) is 35.0. The predicted molar refractivity (Wildman–Crippen MR) is 343 cm³/mol. The smallest absolute Gasteiger partial charge is 0.303 e. The van der Waals surface area contributed by atoms with Gasteiger partial charge in [0.2, 0.25) is 29.5 Å². The Morgan fingerprint density at radius 1 is 0.465 bits per heavy atom. The zero-order chi connectivity index (χ0) is 74.4. The molecule has 6 aliphatic heterocycles. The molecule has 5 fully saturated rings. The van der Waals surface area contributed by atoms with Gasteiger partial charge in [-0.1, -0.05) is 70.4 Å². The van der Waals surface area contributed by atoms with Crippen LogP contribution in [-0.4, -0.2) is 309 Å². The quantitative estimate of drug-likeness (QED) is 0.0158. The molecular weight excluding hydrogens is 1350 g/mol. The van der Waals surface area contributed by atoms with Crippen LogP contribution in [0.5, 0.6) is 0 Å². The number of aliphatic hydroxyl groups excluding tert-OH is 12. The number of aliphatic hydroxyl groups is 12. The zero-order valence-electron chi connectivity index (χ0n) is 58.4. The van der Waals surface area contributed by atoms with E-state index in [1.807, 2.05) is 0 Å². The van der Waals surface area contributed by atoms with Gasteiger partial charge in [-0.2, -0.15) is 0 Å². The lowest BCUT2D eigenvalue weighted by Crippen LogP contribution is -2.70. The number of carbonyl (C=O) groups excluding carboxylic acids is 6. The summed E-state index contributed by atoms with van der Waals surface area (Å²) in [6.45, 7) is 4.50. The van der Waals surface area contributed by atoms with Crippen LogP contribution in [0, 0.1) is 0 Å². The van der Waals surface area contributed by atoms with Crippen molar-refractivity contribution in [1.82, 2.24) is 26.6 Å². The first-order chi connectivity index (χ1) is 48.1. The molecule has 28 atom stereocenters. The Morgan fingerprint density at radius 2 is 0.950 bits per heavy atom. The number of hydrogen-bond acceptors (Lipinski definition) is 31. The van der Waals surface area contributed by atoms with E-state index in [2.05, 4.69) is 45.7 Å². The van der Waals surface area contributed by atoms with Crippen molar-refractivity contribution in [3.05, 3.63) is 23.8 Å². The average molecular weight is 1460 g/mol. The molecule has 36 heteroatoms. The average Bonchev–Trinajstić information content (AvgIpc) is 0.774. The summed E-state index contributed by atoms with van der Waals surface area (Å²) in [5.41, 5.74) is -0.677. The topological polar surface area (TPSA) is 525 Å². The number of unbranched alkanes of at least 4 members (excludes halogenated alkanes) is 11. The Morgan fingerprint density at radius 3 is 1.49 bits per heavy atom. The Labute approximate surface area is 585 Å². The molecule has 17 unspecified atom stereocenters. The third-order valence-corrected chi connectivity index (χ3v) is 18.2. The van der Waals surface area contributed by atoms with Gasteiger partial charge in [0.15, 0.2) is 43.7 Å². The minimum absolute atomic E-state index is 0.00665.